The Kier molecular flexibility index (Phi) is 6.37. The van der Waals surface area contributed by atoms with E-state index in [9.17, 15) is 17.6 Å². The molecule has 0 aliphatic carbocycles. The molecule has 2 aromatic rings. The van der Waals surface area contributed by atoms with Gasteiger partial charge in [-0.3, -0.25) is 4.79 Å². The Morgan fingerprint density at radius 2 is 1.86 bits per heavy atom. The van der Waals surface area contributed by atoms with E-state index in [0.29, 0.717) is 17.9 Å². The van der Waals surface area contributed by atoms with Gasteiger partial charge in [0, 0.05) is 24.0 Å². The first kappa shape index (κ1) is 20.8. The zero-order chi connectivity index (χ0) is 20.3. The molecule has 1 aliphatic rings. The SMILES string of the molecule is CC(NC(=O)C1CCN(S(=O)(=O)c2ccccc2F)CC1)c1cccc(Cl)c1. The molecule has 1 heterocycles. The molecule has 8 heteroatoms. The highest BCUT2D eigenvalue weighted by molar-refractivity contribution is 7.89. The lowest BCUT2D eigenvalue weighted by Gasteiger charge is -2.31. The molecule has 0 radical (unpaired) electrons. The highest BCUT2D eigenvalue weighted by Crippen LogP contribution is 2.26. The lowest BCUT2D eigenvalue weighted by molar-refractivity contribution is -0.126. The molecule has 28 heavy (non-hydrogen) atoms. The van der Waals surface area contributed by atoms with Gasteiger partial charge in [0.05, 0.1) is 6.04 Å². The lowest BCUT2D eigenvalue weighted by atomic mass is 9.96. The second-order valence-electron chi connectivity index (χ2n) is 6.89. The second-order valence-corrected chi connectivity index (χ2v) is 9.24. The summed E-state index contributed by atoms with van der Waals surface area (Å²) in [6.07, 6.45) is 0.781. The van der Waals surface area contributed by atoms with E-state index in [-0.39, 0.29) is 35.9 Å². The predicted molar refractivity (Wildman–Crippen MR) is 106 cm³/mol. The molecule has 3 rings (SSSR count). The van der Waals surface area contributed by atoms with Gasteiger partial charge in [0.25, 0.3) is 0 Å². The Morgan fingerprint density at radius 3 is 2.50 bits per heavy atom. The molecule has 1 unspecified atom stereocenters. The highest BCUT2D eigenvalue weighted by Gasteiger charge is 2.33. The fourth-order valence-corrected chi connectivity index (χ4v) is 5.08. The van der Waals surface area contributed by atoms with Crippen molar-refractivity contribution in [2.75, 3.05) is 13.1 Å². The minimum Gasteiger partial charge on any atom is -0.349 e. The van der Waals surface area contributed by atoms with Crippen LogP contribution in [0.5, 0.6) is 0 Å². The van der Waals surface area contributed by atoms with E-state index >= 15 is 0 Å². The summed E-state index contributed by atoms with van der Waals surface area (Å²) in [5, 5.41) is 3.56. The Hall–Kier alpha value is -1.96. The topological polar surface area (TPSA) is 66.5 Å². The van der Waals surface area contributed by atoms with Gasteiger partial charge in [-0.05, 0) is 49.6 Å². The normalized spacial score (nSPS) is 17.2. The van der Waals surface area contributed by atoms with Crippen LogP contribution in [0.1, 0.15) is 31.4 Å². The fourth-order valence-electron chi connectivity index (χ4n) is 3.34. The van der Waals surface area contributed by atoms with Crippen molar-refractivity contribution in [1.82, 2.24) is 9.62 Å². The van der Waals surface area contributed by atoms with Crippen molar-refractivity contribution in [1.29, 1.82) is 0 Å². The maximum atomic E-state index is 13.9. The van der Waals surface area contributed by atoms with Gasteiger partial charge < -0.3 is 5.32 Å². The number of hydrogen-bond donors (Lipinski definition) is 1. The van der Waals surface area contributed by atoms with Gasteiger partial charge >= 0.3 is 0 Å². The Labute approximate surface area is 169 Å². The smallest absolute Gasteiger partial charge is 0.245 e. The average Bonchev–Trinajstić information content (AvgIpc) is 2.68. The van der Waals surface area contributed by atoms with Crippen molar-refractivity contribution in [2.45, 2.75) is 30.7 Å². The molecule has 2 aromatic carbocycles. The van der Waals surface area contributed by atoms with Crippen molar-refractivity contribution in [3.8, 4) is 0 Å². The number of nitrogens with zero attached hydrogens (tertiary/aromatic N) is 1. The zero-order valence-corrected chi connectivity index (χ0v) is 17.0. The Balaban J connectivity index is 1.60. The minimum atomic E-state index is -3.90. The summed E-state index contributed by atoms with van der Waals surface area (Å²) in [4.78, 5) is 12.2. The molecule has 1 atom stereocenters. The summed E-state index contributed by atoms with van der Waals surface area (Å²) in [6.45, 7) is 2.24. The third kappa shape index (κ3) is 4.54. The fraction of sp³-hybridized carbons (Fsp3) is 0.350. The van der Waals surface area contributed by atoms with Crippen LogP contribution in [0.25, 0.3) is 0 Å². The van der Waals surface area contributed by atoms with E-state index in [1.807, 2.05) is 19.1 Å². The summed E-state index contributed by atoms with van der Waals surface area (Å²) < 4.78 is 40.4. The number of carbonyl (C=O) groups is 1. The molecule has 0 bridgehead atoms. The number of sulfonamides is 1. The van der Waals surface area contributed by atoms with E-state index in [1.165, 1.54) is 22.5 Å². The molecule has 0 saturated carbocycles. The molecule has 5 nitrogen and oxygen atoms in total. The highest BCUT2D eigenvalue weighted by atomic mass is 35.5. The third-order valence-corrected chi connectivity index (χ3v) is 7.15. The first-order chi connectivity index (χ1) is 13.3. The molecule has 150 valence electrons. The first-order valence-electron chi connectivity index (χ1n) is 9.09. The molecule has 0 aromatic heterocycles. The number of nitrogens with one attached hydrogen (secondary N) is 1. The quantitative estimate of drug-likeness (QED) is 0.794. The van der Waals surface area contributed by atoms with E-state index in [2.05, 4.69) is 5.32 Å². The molecule has 0 spiro atoms. The van der Waals surface area contributed by atoms with Gasteiger partial charge in [-0.2, -0.15) is 4.31 Å². The molecular weight excluding hydrogens is 403 g/mol. The van der Waals surface area contributed by atoms with Crippen LogP contribution >= 0.6 is 11.6 Å². The van der Waals surface area contributed by atoms with Crippen LogP contribution in [0.2, 0.25) is 5.02 Å². The number of halogens is 2. The summed E-state index contributed by atoms with van der Waals surface area (Å²) in [7, 11) is -3.90. The number of carbonyl (C=O) groups excluding carboxylic acids is 1. The van der Waals surface area contributed by atoms with E-state index in [0.717, 1.165) is 11.6 Å². The predicted octanol–water partition coefficient (Wildman–Crippen LogP) is 3.76. The van der Waals surface area contributed by atoms with Crippen molar-refractivity contribution in [3.63, 3.8) is 0 Å². The standard InChI is InChI=1S/C20H22ClFN2O3S/c1-14(16-5-4-6-17(21)13-16)23-20(25)15-9-11-24(12-10-15)28(26,27)19-8-3-2-7-18(19)22/h2-8,13-15H,9-12H2,1H3,(H,23,25). The number of rotatable bonds is 5. The number of hydrogen-bond acceptors (Lipinski definition) is 3. The van der Waals surface area contributed by atoms with Gasteiger partial charge in [0.15, 0.2) is 0 Å². The van der Waals surface area contributed by atoms with Crippen LogP contribution < -0.4 is 5.32 Å². The van der Waals surface area contributed by atoms with Crippen molar-refractivity contribution in [3.05, 3.63) is 64.9 Å². The van der Waals surface area contributed by atoms with Crippen LogP contribution in [0, 0.1) is 11.7 Å². The maximum Gasteiger partial charge on any atom is 0.245 e. The van der Waals surface area contributed by atoms with Crippen molar-refractivity contribution >= 4 is 27.5 Å². The van der Waals surface area contributed by atoms with Crippen LogP contribution in [-0.2, 0) is 14.8 Å². The van der Waals surface area contributed by atoms with E-state index in [1.54, 1.807) is 12.1 Å². The molecule has 1 saturated heterocycles. The van der Waals surface area contributed by atoms with Crippen molar-refractivity contribution < 1.29 is 17.6 Å². The van der Waals surface area contributed by atoms with Gasteiger partial charge in [-0.25, -0.2) is 12.8 Å². The van der Waals surface area contributed by atoms with E-state index < -0.39 is 15.8 Å². The molecule has 1 aliphatic heterocycles. The summed E-state index contributed by atoms with van der Waals surface area (Å²) >= 11 is 5.99. The summed E-state index contributed by atoms with van der Waals surface area (Å²) in [6, 6.07) is 12.4. The number of amides is 1. The largest absolute Gasteiger partial charge is 0.349 e. The van der Waals surface area contributed by atoms with Gasteiger partial charge in [-0.1, -0.05) is 35.9 Å². The second kappa shape index (κ2) is 8.59. The van der Waals surface area contributed by atoms with Crippen LogP contribution in [0.4, 0.5) is 4.39 Å². The van der Waals surface area contributed by atoms with Crippen LogP contribution in [0.3, 0.4) is 0 Å². The summed E-state index contributed by atoms with van der Waals surface area (Å²) in [5.74, 6) is -1.16. The van der Waals surface area contributed by atoms with E-state index in [4.69, 9.17) is 11.6 Å². The molecule has 1 fully saturated rings. The van der Waals surface area contributed by atoms with Gasteiger partial charge in [0.2, 0.25) is 15.9 Å². The Bertz CT molecular complexity index is 959. The molecule has 1 amide bonds. The minimum absolute atomic E-state index is 0.115. The number of benzene rings is 2. The maximum absolute atomic E-state index is 13.9. The zero-order valence-electron chi connectivity index (χ0n) is 15.4. The molecular formula is C20H22ClFN2O3S. The third-order valence-electron chi connectivity index (χ3n) is 4.99. The average molecular weight is 425 g/mol. The number of piperidine rings is 1. The van der Waals surface area contributed by atoms with Crippen molar-refractivity contribution in [2.24, 2.45) is 5.92 Å². The lowest BCUT2D eigenvalue weighted by Crippen LogP contribution is -2.43. The van der Waals surface area contributed by atoms with Gasteiger partial charge in [0.1, 0.15) is 10.7 Å². The van der Waals surface area contributed by atoms with Crippen LogP contribution in [0.15, 0.2) is 53.4 Å². The summed E-state index contributed by atoms with van der Waals surface area (Å²) in [5.41, 5.74) is 0.903. The molecule has 1 N–H and O–H groups in total. The Morgan fingerprint density at radius 1 is 1.18 bits per heavy atom. The first-order valence-corrected chi connectivity index (χ1v) is 10.9. The van der Waals surface area contributed by atoms with Crippen LogP contribution in [-0.4, -0.2) is 31.7 Å². The van der Waals surface area contributed by atoms with Gasteiger partial charge in [-0.15, -0.1) is 0 Å². The monoisotopic (exact) mass is 424 g/mol.